The Labute approximate surface area is 103 Å². The van der Waals surface area contributed by atoms with Gasteiger partial charge in [0.05, 0.1) is 0 Å². The SMILES string of the molecule is C/C=C/CCNC(C)c1cc2c(s1)CCC2. The number of nitrogens with one attached hydrogen (secondary N) is 1. The van der Waals surface area contributed by atoms with Crippen LogP contribution in [-0.2, 0) is 12.8 Å². The molecule has 88 valence electrons. The van der Waals surface area contributed by atoms with Crippen molar-refractivity contribution in [2.45, 2.75) is 45.6 Å². The molecule has 1 heterocycles. The largest absolute Gasteiger partial charge is 0.309 e. The second kappa shape index (κ2) is 5.65. The minimum absolute atomic E-state index is 0.515. The van der Waals surface area contributed by atoms with E-state index < -0.39 is 0 Å². The Balaban J connectivity index is 1.86. The zero-order chi connectivity index (χ0) is 11.4. The van der Waals surface area contributed by atoms with Crippen molar-refractivity contribution in [3.63, 3.8) is 0 Å². The van der Waals surface area contributed by atoms with E-state index in [0.29, 0.717) is 6.04 Å². The summed E-state index contributed by atoms with van der Waals surface area (Å²) in [7, 11) is 0. The molecule has 2 heteroatoms. The van der Waals surface area contributed by atoms with Crippen LogP contribution in [0.1, 0.15) is 48.0 Å². The molecule has 0 radical (unpaired) electrons. The topological polar surface area (TPSA) is 12.0 Å². The van der Waals surface area contributed by atoms with Crippen molar-refractivity contribution in [3.05, 3.63) is 33.5 Å². The van der Waals surface area contributed by atoms with Crippen LogP contribution in [0.4, 0.5) is 0 Å². The van der Waals surface area contributed by atoms with Gasteiger partial charge in [0, 0.05) is 15.8 Å². The van der Waals surface area contributed by atoms with Crippen LogP contribution in [0.15, 0.2) is 18.2 Å². The third-order valence-electron chi connectivity index (χ3n) is 3.19. The molecular formula is C14H21NS. The fourth-order valence-electron chi connectivity index (χ4n) is 2.22. The first-order valence-electron chi connectivity index (χ1n) is 6.27. The third kappa shape index (κ3) is 2.74. The van der Waals surface area contributed by atoms with Gasteiger partial charge >= 0.3 is 0 Å². The van der Waals surface area contributed by atoms with Crippen LogP contribution >= 0.6 is 11.3 Å². The van der Waals surface area contributed by atoms with Crippen LogP contribution in [0.5, 0.6) is 0 Å². The smallest absolute Gasteiger partial charge is 0.0386 e. The molecule has 1 aromatic heterocycles. The third-order valence-corrected chi connectivity index (χ3v) is 4.61. The molecule has 0 aliphatic heterocycles. The highest BCUT2D eigenvalue weighted by Gasteiger charge is 2.17. The molecule has 1 aromatic rings. The van der Waals surface area contributed by atoms with E-state index >= 15 is 0 Å². The van der Waals surface area contributed by atoms with E-state index in [2.05, 4.69) is 37.4 Å². The lowest BCUT2D eigenvalue weighted by molar-refractivity contribution is 0.589. The average Bonchev–Trinajstić information content (AvgIpc) is 2.83. The molecule has 2 rings (SSSR count). The Kier molecular flexibility index (Phi) is 4.19. The molecule has 1 N–H and O–H groups in total. The molecule has 0 saturated carbocycles. The van der Waals surface area contributed by atoms with Crippen LogP contribution in [0, 0.1) is 0 Å². The molecule has 0 bridgehead atoms. The van der Waals surface area contributed by atoms with Gasteiger partial charge in [-0.15, -0.1) is 11.3 Å². The molecule has 0 amide bonds. The van der Waals surface area contributed by atoms with Crippen molar-refractivity contribution in [1.29, 1.82) is 0 Å². The fraction of sp³-hybridized carbons (Fsp3) is 0.571. The minimum Gasteiger partial charge on any atom is -0.309 e. The van der Waals surface area contributed by atoms with Crippen molar-refractivity contribution in [2.24, 2.45) is 0 Å². The molecule has 1 atom stereocenters. The standard InChI is InChI=1S/C14H21NS/c1-3-4-5-9-15-11(2)14-10-12-7-6-8-13(12)16-14/h3-4,10-11,15H,5-9H2,1-2H3/b4-3+. The minimum atomic E-state index is 0.515. The Morgan fingerprint density at radius 3 is 3.12 bits per heavy atom. The van der Waals surface area contributed by atoms with Gasteiger partial charge in [0.1, 0.15) is 0 Å². The molecule has 0 aromatic carbocycles. The molecule has 0 fully saturated rings. The first-order valence-corrected chi connectivity index (χ1v) is 7.09. The number of aryl methyl sites for hydroxylation is 2. The maximum absolute atomic E-state index is 3.58. The highest BCUT2D eigenvalue weighted by atomic mass is 32.1. The summed E-state index contributed by atoms with van der Waals surface area (Å²) < 4.78 is 0. The number of hydrogen-bond donors (Lipinski definition) is 1. The maximum Gasteiger partial charge on any atom is 0.0386 e. The molecule has 0 spiro atoms. The van der Waals surface area contributed by atoms with Crippen molar-refractivity contribution >= 4 is 11.3 Å². The molecule has 0 saturated heterocycles. The Morgan fingerprint density at radius 1 is 1.50 bits per heavy atom. The lowest BCUT2D eigenvalue weighted by Crippen LogP contribution is -2.18. The van der Waals surface area contributed by atoms with Crippen LogP contribution in [0.3, 0.4) is 0 Å². The number of fused-ring (bicyclic) bond motifs is 1. The quantitative estimate of drug-likeness (QED) is 0.604. The second-order valence-electron chi connectivity index (χ2n) is 4.48. The molecule has 1 nitrogen and oxygen atoms in total. The number of rotatable bonds is 5. The fourth-order valence-corrected chi connectivity index (χ4v) is 3.50. The Hall–Kier alpha value is -0.600. The van der Waals surface area contributed by atoms with E-state index in [9.17, 15) is 0 Å². The number of hydrogen-bond acceptors (Lipinski definition) is 2. The van der Waals surface area contributed by atoms with E-state index in [1.807, 2.05) is 11.3 Å². The molecular weight excluding hydrogens is 214 g/mol. The van der Waals surface area contributed by atoms with E-state index in [1.54, 1.807) is 10.4 Å². The predicted molar refractivity (Wildman–Crippen MR) is 72.2 cm³/mol. The van der Waals surface area contributed by atoms with Gasteiger partial charge in [0.2, 0.25) is 0 Å². The van der Waals surface area contributed by atoms with E-state index in [1.165, 1.54) is 24.1 Å². The summed E-state index contributed by atoms with van der Waals surface area (Å²) in [6, 6.07) is 2.93. The number of thiophene rings is 1. The monoisotopic (exact) mass is 235 g/mol. The molecule has 1 aliphatic carbocycles. The predicted octanol–water partition coefficient (Wildman–Crippen LogP) is 3.85. The lowest BCUT2D eigenvalue weighted by atomic mass is 10.2. The summed E-state index contributed by atoms with van der Waals surface area (Å²) in [6.45, 7) is 5.43. The van der Waals surface area contributed by atoms with E-state index in [0.717, 1.165) is 13.0 Å². The summed E-state index contributed by atoms with van der Waals surface area (Å²) in [4.78, 5) is 3.15. The first-order chi connectivity index (χ1) is 7.81. The van der Waals surface area contributed by atoms with E-state index in [4.69, 9.17) is 0 Å². The van der Waals surface area contributed by atoms with Crippen molar-refractivity contribution < 1.29 is 0 Å². The maximum atomic E-state index is 3.58. The van der Waals surface area contributed by atoms with Crippen LogP contribution < -0.4 is 5.32 Å². The molecule has 16 heavy (non-hydrogen) atoms. The highest BCUT2D eigenvalue weighted by molar-refractivity contribution is 7.12. The zero-order valence-corrected chi connectivity index (χ0v) is 11.1. The van der Waals surface area contributed by atoms with Crippen LogP contribution in [0.25, 0.3) is 0 Å². The molecule has 1 aliphatic rings. The van der Waals surface area contributed by atoms with Gasteiger partial charge in [-0.05, 0) is 57.7 Å². The summed E-state index contributed by atoms with van der Waals surface area (Å²) in [5.74, 6) is 0. The summed E-state index contributed by atoms with van der Waals surface area (Å²) >= 11 is 2.01. The van der Waals surface area contributed by atoms with E-state index in [-0.39, 0.29) is 0 Å². The summed E-state index contributed by atoms with van der Waals surface area (Å²) in [5, 5.41) is 3.58. The van der Waals surface area contributed by atoms with Gasteiger partial charge in [-0.2, -0.15) is 0 Å². The van der Waals surface area contributed by atoms with Crippen LogP contribution in [0.2, 0.25) is 0 Å². The average molecular weight is 235 g/mol. The van der Waals surface area contributed by atoms with Gasteiger partial charge in [0.15, 0.2) is 0 Å². The highest BCUT2D eigenvalue weighted by Crippen LogP contribution is 2.33. The molecule has 1 unspecified atom stereocenters. The Bertz CT molecular complexity index is 343. The van der Waals surface area contributed by atoms with Crippen molar-refractivity contribution in [3.8, 4) is 0 Å². The van der Waals surface area contributed by atoms with Gasteiger partial charge in [-0.3, -0.25) is 0 Å². The van der Waals surface area contributed by atoms with Crippen LogP contribution in [-0.4, -0.2) is 6.54 Å². The van der Waals surface area contributed by atoms with Gasteiger partial charge < -0.3 is 5.32 Å². The summed E-state index contributed by atoms with van der Waals surface area (Å²) in [6.07, 6.45) is 9.44. The van der Waals surface area contributed by atoms with Crippen molar-refractivity contribution in [1.82, 2.24) is 5.32 Å². The zero-order valence-electron chi connectivity index (χ0n) is 10.3. The Morgan fingerprint density at radius 2 is 2.38 bits per heavy atom. The second-order valence-corrected chi connectivity index (χ2v) is 5.65. The first kappa shape index (κ1) is 11.9. The number of allylic oxidation sites excluding steroid dienone is 1. The van der Waals surface area contributed by atoms with Gasteiger partial charge in [-0.1, -0.05) is 12.2 Å². The lowest BCUT2D eigenvalue weighted by Gasteiger charge is -2.10. The normalized spacial score (nSPS) is 16.9. The van der Waals surface area contributed by atoms with Gasteiger partial charge in [0.25, 0.3) is 0 Å². The van der Waals surface area contributed by atoms with Gasteiger partial charge in [-0.25, -0.2) is 0 Å². The van der Waals surface area contributed by atoms with Crippen molar-refractivity contribution in [2.75, 3.05) is 6.54 Å². The summed E-state index contributed by atoms with van der Waals surface area (Å²) in [5.41, 5.74) is 1.61.